The quantitative estimate of drug-likeness (QED) is 0.707. The maximum absolute atomic E-state index is 5.48. The monoisotopic (exact) mass is 261 g/mol. The molecule has 3 nitrogen and oxygen atoms in total. The molecule has 1 saturated heterocycles. The highest BCUT2D eigenvalue weighted by atomic mass is 15.1. The number of rotatable bonds is 8. The molecule has 0 unspecified atom stereocenters. The molecule has 1 aliphatic heterocycles. The van der Waals surface area contributed by atoms with Gasteiger partial charge in [0.05, 0.1) is 0 Å². The van der Waals surface area contributed by atoms with Gasteiger partial charge in [0.1, 0.15) is 0 Å². The summed E-state index contributed by atoms with van der Waals surface area (Å²) in [4.78, 5) is 2.48. The van der Waals surface area contributed by atoms with Gasteiger partial charge in [-0.25, -0.2) is 0 Å². The Balaban J connectivity index is 1.67. The molecule has 0 atom stereocenters. The zero-order valence-electron chi connectivity index (χ0n) is 11.9. The lowest BCUT2D eigenvalue weighted by atomic mass is 10.2. The van der Waals surface area contributed by atoms with Crippen molar-refractivity contribution >= 4 is 5.69 Å². The number of hydrogen-bond donors (Lipinski definition) is 2. The number of hydrogen-bond acceptors (Lipinski definition) is 3. The summed E-state index contributed by atoms with van der Waals surface area (Å²) in [5, 5.41) is 3.50. The standard InChI is InChI=1S/C16H27N3/c17-10-2-1-3-11-18-14-15-6-8-16(9-7-15)19-12-4-5-13-19/h6-9,18H,1-5,10-14,17H2. The Morgan fingerprint density at radius 2 is 1.74 bits per heavy atom. The minimum atomic E-state index is 0.817. The average molecular weight is 261 g/mol. The van der Waals surface area contributed by atoms with Gasteiger partial charge in [0.25, 0.3) is 0 Å². The van der Waals surface area contributed by atoms with Crippen LogP contribution in [-0.2, 0) is 6.54 Å². The fourth-order valence-corrected chi connectivity index (χ4v) is 2.60. The third-order valence-electron chi connectivity index (χ3n) is 3.79. The number of unbranched alkanes of at least 4 members (excludes halogenated alkanes) is 2. The van der Waals surface area contributed by atoms with Crippen LogP contribution in [0.4, 0.5) is 5.69 Å². The summed E-state index contributed by atoms with van der Waals surface area (Å²) in [7, 11) is 0. The first-order valence-electron chi connectivity index (χ1n) is 7.65. The molecule has 3 N–H and O–H groups in total. The van der Waals surface area contributed by atoms with Crippen molar-refractivity contribution in [2.45, 2.75) is 38.6 Å². The van der Waals surface area contributed by atoms with Gasteiger partial charge >= 0.3 is 0 Å². The highest BCUT2D eigenvalue weighted by Crippen LogP contribution is 2.20. The fourth-order valence-electron chi connectivity index (χ4n) is 2.60. The second kappa shape index (κ2) is 8.18. The van der Waals surface area contributed by atoms with Gasteiger partial charge in [0, 0.05) is 25.3 Å². The summed E-state index contributed by atoms with van der Waals surface area (Å²) in [5.74, 6) is 0. The van der Waals surface area contributed by atoms with E-state index in [0.29, 0.717) is 0 Å². The molecule has 1 fully saturated rings. The number of anilines is 1. The maximum Gasteiger partial charge on any atom is 0.0366 e. The Morgan fingerprint density at radius 3 is 2.42 bits per heavy atom. The highest BCUT2D eigenvalue weighted by Gasteiger charge is 2.11. The van der Waals surface area contributed by atoms with Gasteiger partial charge in [0.2, 0.25) is 0 Å². The van der Waals surface area contributed by atoms with Gasteiger partial charge in [-0.05, 0) is 56.5 Å². The molecule has 1 aromatic rings. The van der Waals surface area contributed by atoms with Crippen molar-refractivity contribution in [2.75, 3.05) is 31.1 Å². The lowest BCUT2D eigenvalue weighted by Crippen LogP contribution is -2.18. The Morgan fingerprint density at radius 1 is 1.00 bits per heavy atom. The number of nitrogens with one attached hydrogen (secondary N) is 1. The summed E-state index contributed by atoms with van der Waals surface area (Å²) >= 11 is 0. The molecule has 0 radical (unpaired) electrons. The zero-order chi connectivity index (χ0) is 13.3. The van der Waals surface area contributed by atoms with Gasteiger partial charge in [-0.1, -0.05) is 18.6 Å². The van der Waals surface area contributed by atoms with E-state index in [0.717, 1.165) is 26.1 Å². The summed E-state index contributed by atoms with van der Waals surface area (Å²) in [5.41, 5.74) is 8.23. The molecule has 0 bridgehead atoms. The second-order valence-electron chi connectivity index (χ2n) is 5.39. The topological polar surface area (TPSA) is 41.3 Å². The third kappa shape index (κ3) is 4.84. The van der Waals surface area contributed by atoms with Gasteiger partial charge in [0.15, 0.2) is 0 Å². The van der Waals surface area contributed by atoms with Crippen molar-refractivity contribution in [2.24, 2.45) is 5.73 Å². The SMILES string of the molecule is NCCCCCNCc1ccc(N2CCCC2)cc1. The molecule has 0 aromatic heterocycles. The fraction of sp³-hybridized carbons (Fsp3) is 0.625. The van der Waals surface area contributed by atoms with Crippen LogP contribution in [0.2, 0.25) is 0 Å². The minimum Gasteiger partial charge on any atom is -0.372 e. The molecule has 106 valence electrons. The predicted octanol–water partition coefficient (Wildman–Crippen LogP) is 2.51. The van der Waals surface area contributed by atoms with Crippen LogP contribution in [0.1, 0.15) is 37.7 Å². The molecule has 3 heteroatoms. The molecular formula is C16H27N3. The van der Waals surface area contributed by atoms with Crippen LogP contribution in [0.15, 0.2) is 24.3 Å². The Kier molecular flexibility index (Phi) is 6.18. The lowest BCUT2D eigenvalue weighted by molar-refractivity contribution is 0.606. The molecule has 0 amide bonds. The molecule has 1 aromatic carbocycles. The van der Waals surface area contributed by atoms with Crippen LogP contribution in [0.5, 0.6) is 0 Å². The summed E-state index contributed by atoms with van der Waals surface area (Å²) in [6.07, 6.45) is 6.28. The van der Waals surface area contributed by atoms with Gasteiger partial charge in [-0.15, -0.1) is 0 Å². The first-order chi connectivity index (χ1) is 9.40. The van der Waals surface area contributed by atoms with Crippen LogP contribution in [-0.4, -0.2) is 26.2 Å². The van der Waals surface area contributed by atoms with Crippen LogP contribution in [0, 0.1) is 0 Å². The van der Waals surface area contributed by atoms with Crippen molar-refractivity contribution in [3.8, 4) is 0 Å². The lowest BCUT2D eigenvalue weighted by Gasteiger charge is -2.17. The first-order valence-corrected chi connectivity index (χ1v) is 7.65. The summed E-state index contributed by atoms with van der Waals surface area (Å²) in [6, 6.07) is 9.02. The van der Waals surface area contributed by atoms with E-state index < -0.39 is 0 Å². The molecule has 0 saturated carbocycles. The highest BCUT2D eigenvalue weighted by molar-refractivity contribution is 5.48. The summed E-state index contributed by atoms with van der Waals surface area (Å²) in [6.45, 7) is 5.33. The first kappa shape index (κ1) is 14.4. The largest absolute Gasteiger partial charge is 0.372 e. The van der Waals surface area contributed by atoms with E-state index in [1.165, 1.54) is 50.0 Å². The van der Waals surface area contributed by atoms with Crippen LogP contribution >= 0.6 is 0 Å². The van der Waals surface area contributed by atoms with Gasteiger partial charge in [-0.2, -0.15) is 0 Å². The van der Waals surface area contributed by atoms with Crippen molar-refractivity contribution in [1.29, 1.82) is 0 Å². The molecule has 19 heavy (non-hydrogen) atoms. The van der Waals surface area contributed by atoms with E-state index in [9.17, 15) is 0 Å². The van der Waals surface area contributed by atoms with Crippen LogP contribution in [0.3, 0.4) is 0 Å². The number of nitrogens with zero attached hydrogens (tertiary/aromatic N) is 1. The predicted molar refractivity (Wildman–Crippen MR) is 82.5 cm³/mol. The van der Waals surface area contributed by atoms with Crippen LogP contribution < -0.4 is 16.0 Å². The molecule has 1 heterocycles. The average Bonchev–Trinajstić information content (AvgIpc) is 2.97. The van der Waals surface area contributed by atoms with E-state index in [4.69, 9.17) is 5.73 Å². The molecular weight excluding hydrogens is 234 g/mol. The van der Waals surface area contributed by atoms with Crippen molar-refractivity contribution in [3.05, 3.63) is 29.8 Å². The van der Waals surface area contributed by atoms with Crippen molar-refractivity contribution in [3.63, 3.8) is 0 Å². The Labute approximate surface area is 117 Å². The van der Waals surface area contributed by atoms with E-state index in [1.54, 1.807) is 0 Å². The zero-order valence-corrected chi connectivity index (χ0v) is 11.9. The van der Waals surface area contributed by atoms with E-state index in [2.05, 4.69) is 34.5 Å². The Hall–Kier alpha value is -1.06. The molecule has 2 rings (SSSR count). The van der Waals surface area contributed by atoms with Crippen molar-refractivity contribution < 1.29 is 0 Å². The van der Waals surface area contributed by atoms with Crippen molar-refractivity contribution in [1.82, 2.24) is 5.32 Å². The molecule has 1 aliphatic rings. The smallest absolute Gasteiger partial charge is 0.0366 e. The van der Waals surface area contributed by atoms with Gasteiger partial charge < -0.3 is 16.0 Å². The third-order valence-corrected chi connectivity index (χ3v) is 3.79. The number of benzene rings is 1. The number of nitrogens with two attached hydrogens (primary N) is 1. The normalized spacial score (nSPS) is 15.1. The Bertz CT molecular complexity index is 342. The maximum atomic E-state index is 5.48. The minimum absolute atomic E-state index is 0.817. The summed E-state index contributed by atoms with van der Waals surface area (Å²) < 4.78 is 0. The molecule has 0 spiro atoms. The molecule has 0 aliphatic carbocycles. The van der Waals surface area contributed by atoms with E-state index >= 15 is 0 Å². The van der Waals surface area contributed by atoms with E-state index in [-0.39, 0.29) is 0 Å². The second-order valence-corrected chi connectivity index (χ2v) is 5.39. The van der Waals surface area contributed by atoms with E-state index in [1.807, 2.05) is 0 Å². The van der Waals surface area contributed by atoms with Crippen LogP contribution in [0.25, 0.3) is 0 Å². The van der Waals surface area contributed by atoms with Gasteiger partial charge in [-0.3, -0.25) is 0 Å².